The van der Waals surface area contributed by atoms with Crippen molar-refractivity contribution >= 4 is 41.1 Å². The van der Waals surface area contributed by atoms with Gasteiger partial charge in [-0.15, -0.1) is 11.3 Å². The number of ether oxygens (including phenoxy) is 1. The number of aliphatic carboxylic acids is 1. The largest absolute Gasteiger partial charge is 0.477 e. The summed E-state index contributed by atoms with van der Waals surface area (Å²) in [5.74, 6) is -2.22. The molecule has 1 amide bonds. The highest BCUT2D eigenvalue weighted by atomic mass is 32.2. The maximum absolute atomic E-state index is 12.3. The van der Waals surface area contributed by atoms with Crippen molar-refractivity contribution in [1.29, 1.82) is 0 Å². The number of fused-ring (bicyclic) bond motifs is 1. The first-order valence-corrected chi connectivity index (χ1v) is 10.6. The fourth-order valence-corrected chi connectivity index (χ4v) is 5.38. The lowest BCUT2D eigenvalue weighted by molar-refractivity contribution is -0.163. The van der Waals surface area contributed by atoms with Crippen LogP contribution in [0.5, 0.6) is 0 Å². The topological polar surface area (TPSA) is 120 Å². The van der Waals surface area contributed by atoms with Crippen LogP contribution in [0, 0.1) is 11.8 Å². The lowest BCUT2D eigenvalue weighted by Gasteiger charge is -2.46. The number of hydrogen-bond acceptors (Lipinski definition) is 8. The van der Waals surface area contributed by atoms with Crippen LogP contribution in [-0.4, -0.2) is 62.4 Å². The molecule has 2 aliphatic heterocycles. The van der Waals surface area contributed by atoms with Crippen molar-refractivity contribution in [2.45, 2.75) is 32.6 Å². The lowest BCUT2D eigenvalue weighted by atomic mass is 9.79. The number of thioether (sulfide) groups is 1. The number of carboxylic acid groups (broad SMARTS) is 1. The molecular formula is C18H22N2O6S2. The molecular weight excluding hydrogens is 404 g/mol. The van der Waals surface area contributed by atoms with Crippen molar-refractivity contribution in [3.63, 3.8) is 0 Å². The molecule has 1 aromatic rings. The third-order valence-electron chi connectivity index (χ3n) is 4.87. The normalized spacial score (nSPS) is 25.4. The molecule has 10 heteroatoms. The first-order valence-electron chi connectivity index (χ1n) is 8.81. The summed E-state index contributed by atoms with van der Waals surface area (Å²) in [5, 5.41) is 30.1. The van der Waals surface area contributed by atoms with Gasteiger partial charge >= 0.3 is 5.97 Å². The highest BCUT2D eigenvalue weighted by Gasteiger charge is 2.59. The maximum Gasteiger partial charge on any atom is 0.353 e. The molecule has 2 aliphatic rings. The molecule has 3 heterocycles. The summed E-state index contributed by atoms with van der Waals surface area (Å²) in [5.41, 5.74) is 2.44. The van der Waals surface area contributed by atoms with Gasteiger partial charge < -0.3 is 25.0 Å². The molecule has 4 atom stereocenters. The van der Waals surface area contributed by atoms with Crippen molar-refractivity contribution in [2.75, 3.05) is 13.2 Å². The van der Waals surface area contributed by atoms with E-state index in [0.29, 0.717) is 4.91 Å². The smallest absolute Gasteiger partial charge is 0.353 e. The van der Waals surface area contributed by atoms with E-state index in [9.17, 15) is 19.8 Å². The Morgan fingerprint density at radius 1 is 1.54 bits per heavy atom. The number of aromatic nitrogens is 1. The van der Waals surface area contributed by atoms with E-state index in [4.69, 9.17) is 9.84 Å². The van der Waals surface area contributed by atoms with Crippen molar-refractivity contribution in [3.8, 4) is 0 Å². The molecule has 0 aromatic carbocycles. The van der Waals surface area contributed by atoms with Crippen LogP contribution in [0.4, 0.5) is 0 Å². The minimum absolute atomic E-state index is 0.00450. The first kappa shape index (κ1) is 21.0. The average Bonchev–Trinajstić information content (AvgIpc) is 3.16. The van der Waals surface area contributed by atoms with Gasteiger partial charge in [-0.1, -0.05) is 18.7 Å². The van der Waals surface area contributed by atoms with Gasteiger partial charge in [0.1, 0.15) is 5.70 Å². The third-order valence-corrected chi connectivity index (χ3v) is 6.80. The number of rotatable bonds is 9. The van der Waals surface area contributed by atoms with Crippen molar-refractivity contribution in [3.05, 3.63) is 32.1 Å². The van der Waals surface area contributed by atoms with E-state index in [2.05, 4.69) is 4.98 Å². The Labute approximate surface area is 170 Å². The molecule has 3 rings (SSSR count). The van der Waals surface area contributed by atoms with Crippen LogP contribution < -0.4 is 0 Å². The summed E-state index contributed by atoms with van der Waals surface area (Å²) < 4.78 is 5.29. The van der Waals surface area contributed by atoms with E-state index in [1.165, 1.54) is 28.0 Å². The fraction of sp³-hybridized carbons (Fsp3) is 0.500. The highest BCUT2D eigenvalue weighted by Crippen LogP contribution is 2.50. The van der Waals surface area contributed by atoms with Crippen LogP contribution in [0.25, 0.3) is 6.08 Å². The predicted octanol–water partition coefficient (Wildman–Crippen LogP) is 1.51. The van der Waals surface area contributed by atoms with Gasteiger partial charge in [0, 0.05) is 10.8 Å². The number of hydrogen-bond donors (Lipinski definition) is 3. The summed E-state index contributed by atoms with van der Waals surface area (Å²) in [7, 11) is 0. The molecule has 0 saturated carbocycles. The summed E-state index contributed by atoms with van der Waals surface area (Å²) >= 11 is 2.70. The summed E-state index contributed by atoms with van der Waals surface area (Å²) in [6.07, 6.45) is 1.02. The molecule has 1 saturated heterocycles. The van der Waals surface area contributed by atoms with Gasteiger partial charge in [0.05, 0.1) is 54.0 Å². The Morgan fingerprint density at radius 3 is 2.93 bits per heavy atom. The zero-order valence-corrected chi connectivity index (χ0v) is 17.1. The second kappa shape index (κ2) is 8.75. The summed E-state index contributed by atoms with van der Waals surface area (Å²) in [6.45, 7) is 3.90. The van der Waals surface area contributed by atoms with Gasteiger partial charge in [-0.05, 0) is 18.4 Å². The van der Waals surface area contributed by atoms with Gasteiger partial charge in [-0.3, -0.25) is 4.79 Å². The van der Waals surface area contributed by atoms with Crippen molar-refractivity contribution < 1.29 is 29.6 Å². The van der Waals surface area contributed by atoms with Crippen LogP contribution in [-0.2, 0) is 20.9 Å². The number of carbonyl (C=O) groups is 2. The summed E-state index contributed by atoms with van der Waals surface area (Å²) in [6, 6.07) is -0.319. The molecule has 3 N–H and O–H groups in total. The minimum Gasteiger partial charge on any atom is -0.477 e. The molecule has 28 heavy (non-hydrogen) atoms. The van der Waals surface area contributed by atoms with E-state index in [-0.39, 0.29) is 43.4 Å². The Morgan fingerprint density at radius 2 is 2.29 bits per heavy atom. The zero-order chi connectivity index (χ0) is 20.4. The van der Waals surface area contributed by atoms with Gasteiger partial charge in [0.2, 0.25) is 5.91 Å². The summed E-state index contributed by atoms with van der Waals surface area (Å²) in [4.78, 5) is 31.1. The molecule has 152 valence electrons. The second-order valence-corrected chi connectivity index (χ2v) is 8.47. The molecule has 0 radical (unpaired) electrons. The molecule has 1 aromatic heterocycles. The number of β-lactam (4-membered cyclic amide) rings is 1. The molecule has 8 nitrogen and oxygen atoms in total. The maximum atomic E-state index is 12.3. The van der Waals surface area contributed by atoms with Crippen LogP contribution in [0.2, 0.25) is 0 Å². The first-order chi connectivity index (χ1) is 13.4. The average molecular weight is 427 g/mol. The minimum atomic E-state index is -1.14. The standard InChI is InChI=1S/C18H22N2O6S2/c1-9-14-13(10(2)22)17(23)20(14)15(18(24)25)16(9)27-6-3-12-11(19-8-28-12)7-26-5-4-21/h3,6,8-10,13-14,21-22H,4-5,7H2,1-2H3,(H,24,25)/t9-,10-,13-,14-/m1/s1. The second-order valence-electron chi connectivity index (χ2n) is 6.63. The molecule has 0 unspecified atom stereocenters. The molecule has 1 fully saturated rings. The number of thiazole rings is 1. The Hall–Kier alpha value is -1.72. The van der Waals surface area contributed by atoms with Crippen LogP contribution in [0.15, 0.2) is 21.5 Å². The van der Waals surface area contributed by atoms with Crippen LogP contribution in [0.3, 0.4) is 0 Å². The van der Waals surface area contributed by atoms with E-state index in [1.807, 2.05) is 13.0 Å². The van der Waals surface area contributed by atoms with Crippen LogP contribution in [0.1, 0.15) is 24.4 Å². The number of nitrogens with zero attached hydrogens (tertiary/aromatic N) is 2. The number of aliphatic hydroxyl groups excluding tert-OH is 2. The van der Waals surface area contributed by atoms with Crippen LogP contribution >= 0.6 is 23.1 Å². The van der Waals surface area contributed by atoms with E-state index in [0.717, 1.165) is 10.6 Å². The van der Waals surface area contributed by atoms with Gasteiger partial charge in [0.15, 0.2) is 0 Å². The van der Waals surface area contributed by atoms with E-state index >= 15 is 0 Å². The monoisotopic (exact) mass is 426 g/mol. The molecule has 0 bridgehead atoms. The van der Waals surface area contributed by atoms with Crippen molar-refractivity contribution in [2.24, 2.45) is 11.8 Å². The van der Waals surface area contributed by atoms with Gasteiger partial charge in [-0.2, -0.15) is 0 Å². The fourth-order valence-electron chi connectivity index (χ4n) is 3.60. The molecule has 0 aliphatic carbocycles. The highest BCUT2D eigenvalue weighted by molar-refractivity contribution is 8.06. The lowest BCUT2D eigenvalue weighted by Crippen LogP contribution is -2.63. The quantitative estimate of drug-likeness (QED) is 0.401. The van der Waals surface area contributed by atoms with Crippen molar-refractivity contribution in [1.82, 2.24) is 9.88 Å². The Bertz CT molecular complexity index is 819. The molecule has 0 spiro atoms. The van der Waals surface area contributed by atoms with E-state index < -0.39 is 18.0 Å². The van der Waals surface area contributed by atoms with Gasteiger partial charge in [0.25, 0.3) is 0 Å². The predicted molar refractivity (Wildman–Crippen MR) is 105 cm³/mol. The number of amides is 1. The third kappa shape index (κ3) is 3.74. The van der Waals surface area contributed by atoms with Gasteiger partial charge in [-0.25, -0.2) is 9.78 Å². The van der Waals surface area contributed by atoms with E-state index in [1.54, 1.807) is 17.8 Å². The SMILES string of the molecule is C[C@@H](O)[C@H]1C(=O)N2C(C(=O)O)=C(SC=Cc3scnc3COCCO)[C@H](C)[C@H]12. The Balaban J connectivity index is 1.75. The zero-order valence-electron chi connectivity index (χ0n) is 15.4. The Kier molecular flexibility index (Phi) is 6.56. The number of carboxylic acids is 1. The number of carbonyl (C=O) groups excluding carboxylic acids is 1. The number of aliphatic hydroxyl groups is 2.